The topological polar surface area (TPSA) is 227 Å². The summed E-state index contributed by atoms with van der Waals surface area (Å²) < 4.78 is 21.7. The molecule has 4 amide bonds. The molecule has 1 heterocycles. The van der Waals surface area contributed by atoms with Crippen LogP contribution in [0.1, 0.15) is 73.6 Å². The molecule has 1 saturated carbocycles. The van der Waals surface area contributed by atoms with Gasteiger partial charge < -0.3 is 40.2 Å². The van der Waals surface area contributed by atoms with E-state index in [1.807, 2.05) is 13.8 Å². The Kier molecular flexibility index (Phi) is 12.6. The van der Waals surface area contributed by atoms with Crippen LogP contribution in [0.3, 0.4) is 0 Å². The minimum absolute atomic E-state index is 0.0306. The molecule has 2 aliphatic rings. The van der Waals surface area contributed by atoms with Crippen molar-refractivity contribution in [3.05, 3.63) is 0 Å². The van der Waals surface area contributed by atoms with Crippen LogP contribution in [-0.4, -0.2) is 101 Å². The Bertz CT molecular complexity index is 1130. The molecule has 1 aliphatic carbocycles. The zero-order valence-electron chi connectivity index (χ0n) is 25.8. The first kappa shape index (κ1) is 36.0. The van der Waals surface area contributed by atoms with Crippen molar-refractivity contribution in [2.75, 3.05) is 13.1 Å². The maximum Gasteiger partial charge on any atom is 0.303 e. The Hall–Kier alpha value is -4.24. The van der Waals surface area contributed by atoms with Crippen molar-refractivity contribution in [2.45, 2.75) is 110 Å². The van der Waals surface area contributed by atoms with Crippen molar-refractivity contribution >= 4 is 47.5 Å². The number of hydrogen-bond donors (Lipinski definition) is 3. The molecule has 0 radical (unpaired) electrons. The second-order valence-corrected chi connectivity index (χ2v) is 11.4. The monoisotopic (exact) mass is 626 g/mol. The molecule has 246 valence electrons. The first-order chi connectivity index (χ1) is 20.4. The number of hydrogen-bond acceptors (Lipinski definition) is 12. The predicted molar refractivity (Wildman–Crippen MR) is 149 cm³/mol. The lowest BCUT2D eigenvalue weighted by atomic mass is 9.77. The Morgan fingerprint density at radius 3 is 1.86 bits per heavy atom. The molecule has 2 rings (SSSR count). The SMILES string of the molecule is CC(=O)OC1[C@@H](OC(C)=O)CC(OC(C)=O)(C(=O)N2CCC[C@H]2C(=O)N[C@@H](CC(C)C)C(=O)NCC(N)=O)C[C@@H]1OC(C)=O. The zero-order chi connectivity index (χ0) is 33.4. The molecule has 16 nitrogen and oxygen atoms in total. The first-order valence-electron chi connectivity index (χ1n) is 14.3. The quantitative estimate of drug-likeness (QED) is 0.175. The van der Waals surface area contributed by atoms with E-state index in [1.54, 1.807) is 0 Å². The third-order valence-electron chi connectivity index (χ3n) is 7.05. The van der Waals surface area contributed by atoms with E-state index < -0.39 is 103 Å². The van der Waals surface area contributed by atoms with E-state index in [0.29, 0.717) is 6.42 Å². The van der Waals surface area contributed by atoms with Crippen molar-refractivity contribution in [2.24, 2.45) is 11.7 Å². The van der Waals surface area contributed by atoms with Crippen LogP contribution in [0.25, 0.3) is 0 Å². The van der Waals surface area contributed by atoms with Crippen molar-refractivity contribution in [3.63, 3.8) is 0 Å². The lowest BCUT2D eigenvalue weighted by Gasteiger charge is -2.46. The van der Waals surface area contributed by atoms with Gasteiger partial charge in [-0.2, -0.15) is 0 Å². The van der Waals surface area contributed by atoms with Gasteiger partial charge in [0.05, 0.1) is 6.54 Å². The van der Waals surface area contributed by atoms with Crippen molar-refractivity contribution in [3.8, 4) is 0 Å². The van der Waals surface area contributed by atoms with Crippen LogP contribution in [0.5, 0.6) is 0 Å². The van der Waals surface area contributed by atoms with Crippen LogP contribution in [-0.2, 0) is 57.3 Å². The number of amides is 4. The van der Waals surface area contributed by atoms with Gasteiger partial charge in [0.1, 0.15) is 24.3 Å². The van der Waals surface area contributed by atoms with Crippen LogP contribution in [0.4, 0.5) is 0 Å². The summed E-state index contributed by atoms with van der Waals surface area (Å²) in [7, 11) is 0. The number of carbonyl (C=O) groups is 8. The third kappa shape index (κ3) is 9.91. The Morgan fingerprint density at radius 2 is 1.41 bits per heavy atom. The molecule has 2 fully saturated rings. The summed E-state index contributed by atoms with van der Waals surface area (Å²) in [6.07, 6.45) is -4.14. The van der Waals surface area contributed by atoms with Gasteiger partial charge in [0.2, 0.25) is 17.7 Å². The minimum Gasteiger partial charge on any atom is -0.458 e. The molecule has 44 heavy (non-hydrogen) atoms. The Labute approximate surface area is 255 Å². The lowest BCUT2D eigenvalue weighted by molar-refractivity contribution is -0.218. The normalized spacial score (nSPS) is 25.3. The largest absolute Gasteiger partial charge is 0.458 e. The van der Waals surface area contributed by atoms with Crippen LogP contribution in [0, 0.1) is 5.92 Å². The predicted octanol–water partition coefficient (Wildman–Crippen LogP) is -0.999. The molecule has 0 aromatic carbocycles. The van der Waals surface area contributed by atoms with E-state index in [4.69, 9.17) is 24.7 Å². The summed E-state index contributed by atoms with van der Waals surface area (Å²) in [5.41, 5.74) is 3.03. The highest BCUT2D eigenvalue weighted by molar-refractivity contribution is 5.96. The molecule has 0 bridgehead atoms. The fourth-order valence-electron chi connectivity index (χ4n) is 5.58. The van der Waals surface area contributed by atoms with Gasteiger partial charge in [-0.15, -0.1) is 0 Å². The molecular formula is C28H42N4O12. The fourth-order valence-corrected chi connectivity index (χ4v) is 5.58. The van der Waals surface area contributed by atoms with Crippen molar-refractivity contribution in [1.82, 2.24) is 15.5 Å². The van der Waals surface area contributed by atoms with Gasteiger partial charge in [0, 0.05) is 47.1 Å². The minimum atomic E-state index is -2.08. The number of nitrogens with two attached hydrogens (primary N) is 1. The van der Waals surface area contributed by atoms with Crippen LogP contribution in [0.15, 0.2) is 0 Å². The molecule has 0 aromatic rings. The fraction of sp³-hybridized carbons (Fsp3) is 0.714. The summed E-state index contributed by atoms with van der Waals surface area (Å²) >= 11 is 0. The zero-order valence-corrected chi connectivity index (χ0v) is 25.8. The van der Waals surface area contributed by atoms with Gasteiger partial charge in [-0.05, 0) is 25.2 Å². The van der Waals surface area contributed by atoms with Crippen LogP contribution < -0.4 is 16.4 Å². The number of primary amides is 1. The van der Waals surface area contributed by atoms with Gasteiger partial charge >= 0.3 is 23.9 Å². The molecule has 0 aromatic heterocycles. The van der Waals surface area contributed by atoms with Crippen molar-refractivity contribution < 1.29 is 57.3 Å². The van der Waals surface area contributed by atoms with Gasteiger partial charge in [-0.25, -0.2) is 0 Å². The van der Waals surface area contributed by atoms with Crippen molar-refractivity contribution in [1.29, 1.82) is 0 Å². The van der Waals surface area contributed by atoms with E-state index >= 15 is 0 Å². The number of esters is 4. The second kappa shape index (κ2) is 15.5. The van der Waals surface area contributed by atoms with E-state index in [1.165, 1.54) is 4.90 Å². The number of rotatable bonds is 12. The van der Waals surface area contributed by atoms with Gasteiger partial charge in [0.15, 0.2) is 11.7 Å². The number of nitrogens with zero attached hydrogens (tertiary/aromatic N) is 1. The van der Waals surface area contributed by atoms with E-state index in [9.17, 15) is 38.4 Å². The Morgan fingerprint density at radius 1 is 0.864 bits per heavy atom. The smallest absolute Gasteiger partial charge is 0.303 e. The summed E-state index contributed by atoms with van der Waals surface area (Å²) in [5, 5.41) is 5.02. The first-order valence-corrected chi connectivity index (χ1v) is 14.3. The summed E-state index contributed by atoms with van der Waals surface area (Å²) in [6.45, 7) is 7.65. The van der Waals surface area contributed by atoms with Gasteiger partial charge in [-0.1, -0.05) is 13.8 Å². The molecule has 1 saturated heterocycles. The second-order valence-electron chi connectivity index (χ2n) is 11.4. The molecule has 4 N–H and O–H groups in total. The van der Waals surface area contributed by atoms with Gasteiger partial charge in [0.25, 0.3) is 5.91 Å². The molecule has 1 aliphatic heterocycles. The number of carbonyl (C=O) groups excluding carboxylic acids is 8. The summed E-state index contributed by atoms with van der Waals surface area (Å²) in [4.78, 5) is 101. The summed E-state index contributed by atoms with van der Waals surface area (Å²) in [5.74, 6) is -6.16. The van der Waals surface area contributed by atoms with E-state index in [-0.39, 0.29) is 25.3 Å². The standard InChI is InChI=1S/C28H42N4O12/c1-14(2)10-19(25(38)30-13-23(29)37)31-26(39)20-8-7-9-32(20)27(40)28(44-18(6)36)11-21(41-15(3)33)24(43-17(5)35)22(12-28)42-16(4)34/h14,19-22,24H,7-13H2,1-6H3,(H2,29,37)(H,30,38)(H,31,39)/t19-,20-,21-,22-,24?,28?/m0/s1. The molecule has 4 atom stereocenters. The van der Waals surface area contributed by atoms with E-state index in [0.717, 1.165) is 27.7 Å². The maximum absolute atomic E-state index is 14.3. The molecule has 16 heteroatoms. The molecule has 0 unspecified atom stereocenters. The number of nitrogens with one attached hydrogen (secondary N) is 2. The highest BCUT2D eigenvalue weighted by Crippen LogP contribution is 2.40. The average molecular weight is 627 g/mol. The lowest BCUT2D eigenvalue weighted by Crippen LogP contribution is -2.64. The molecule has 0 spiro atoms. The highest BCUT2D eigenvalue weighted by atomic mass is 16.6. The maximum atomic E-state index is 14.3. The van der Waals surface area contributed by atoms with E-state index in [2.05, 4.69) is 10.6 Å². The highest BCUT2D eigenvalue weighted by Gasteiger charge is 2.59. The number of ether oxygens (including phenoxy) is 4. The summed E-state index contributed by atoms with van der Waals surface area (Å²) in [6, 6.07) is -2.12. The van der Waals surface area contributed by atoms with Crippen LogP contribution >= 0.6 is 0 Å². The average Bonchev–Trinajstić information content (AvgIpc) is 3.37. The van der Waals surface area contributed by atoms with Gasteiger partial charge in [-0.3, -0.25) is 38.4 Å². The number of likely N-dealkylation sites (tertiary alicyclic amines) is 1. The van der Waals surface area contributed by atoms with Crippen LogP contribution in [0.2, 0.25) is 0 Å². The molecular weight excluding hydrogens is 584 g/mol. The Balaban J connectivity index is 2.46. The third-order valence-corrected chi connectivity index (χ3v) is 7.05.